The molecule has 0 aliphatic carbocycles. The first-order chi connectivity index (χ1) is 26.8. The molecule has 4 aromatic rings. The van der Waals surface area contributed by atoms with E-state index in [0.29, 0.717) is 22.7 Å². The Morgan fingerprint density at radius 2 is 0.623 bits per heavy atom. The fraction of sp³-hybridized carbons (Fsp3) is 0.188. The largest absolute Gasteiger partial charge is 2.00 e. The number of carbonyl (C=O) groups excluding carboxylic acids is 2. The molecular formula is C32H34Cl6N8O12P2U-6. The number of rotatable bonds is 10. The molecule has 4 aromatic carbocycles. The minimum Gasteiger partial charge on any atom is -2.00 e. The van der Waals surface area contributed by atoms with Crippen molar-refractivity contribution in [2.45, 2.75) is 7.59 Å². The third-order valence-electron chi connectivity index (χ3n) is 7.16. The zero-order valence-electron chi connectivity index (χ0n) is 31.8. The van der Waals surface area contributed by atoms with Gasteiger partial charge in [-0.2, -0.15) is 0 Å². The average Bonchev–Trinajstić information content (AvgIpc) is 3.17. The van der Waals surface area contributed by atoms with Crippen LogP contribution in [0.2, 0.25) is 0 Å². The first-order valence-corrected chi connectivity index (χ1v) is 21.1. The molecule has 2 amide bonds. The molecular weight excluding hydrogens is 1200 g/mol. The van der Waals surface area contributed by atoms with Gasteiger partial charge < -0.3 is 41.6 Å². The van der Waals surface area contributed by atoms with Crippen LogP contribution in [-0.2, 0) is 29.7 Å². The van der Waals surface area contributed by atoms with Gasteiger partial charge in [0.2, 0.25) is 0 Å². The molecule has 0 fully saturated rings. The van der Waals surface area contributed by atoms with E-state index in [1.165, 1.54) is 18.7 Å². The van der Waals surface area contributed by atoms with Crippen LogP contribution in [0.1, 0.15) is 0 Å². The number of alkyl halides is 6. The summed E-state index contributed by atoms with van der Waals surface area (Å²) in [4.78, 5) is 40.9. The summed E-state index contributed by atoms with van der Waals surface area (Å²) in [5.74, 6) is -1.93. The normalized spacial score (nSPS) is 10.4. The molecule has 0 aliphatic rings. The number of nitrogens with zero attached hydrogens (tertiary/aromatic N) is 6. The van der Waals surface area contributed by atoms with E-state index in [4.69, 9.17) is 100 Å². The van der Waals surface area contributed by atoms with Crippen LogP contribution in [0.15, 0.2) is 121 Å². The number of benzene rings is 4. The van der Waals surface area contributed by atoms with E-state index in [1.807, 2.05) is 24.3 Å². The van der Waals surface area contributed by atoms with Crippen molar-refractivity contribution in [2.75, 3.05) is 46.9 Å². The summed E-state index contributed by atoms with van der Waals surface area (Å²) < 4.78 is 29.0. The van der Waals surface area contributed by atoms with Gasteiger partial charge in [0.25, 0.3) is 19.4 Å². The molecule has 4 rings (SSSR count). The standard InChI is InChI=1S/2C16H17Cl3N3O2P.2NO3.2O.U/c2*1-21(13-9-5-3-6-10-13)25(24,20-15(23)16(17,18)19)22(2)14-11-7-4-8-12-14;2*2-1(3)4;;;/h2*3-12H,1-2H3,(H,20,23,24);;;;;/q;;2*-1;2*-2;. The van der Waals surface area contributed by atoms with Gasteiger partial charge in [0, 0.05) is 82.1 Å². The molecule has 29 heteroatoms. The summed E-state index contributed by atoms with van der Waals surface area (Å²) in [5.41, 5.74) is 2.55. The van der Waals surface area contributed by atoms with Gasteiger partial charge >= 0.3 is 15.2 Å². The van der Waals surface area contributed by atoms with Crippen molar-refractivity contribution in [3.8, 4) is 0 Å². The number of hydrogen-bond donors (Lipinski definition) is 2. The minimum absolute atomic E-state index is 0. The number of halogens is 6. The molecule has 0 atom stereocenters. The maximum atomic E-state index is 13.8. The van der Waals surface area contributed by atoms with Gasteiger partial charge in [0.1, 0.15) is 0 Å². The zero-order chi connectivity index (χ0) is 44.5. The van der Waals surface area contributed by atoms with E-state index >= 15 is 0 Å². The van der Waals surface area contributed by atoms with Gasteiger partial charge in [0.05, 0.1) is 10.2 Å². The van der Waals surface area contributed by atoms with E-state index in [2.05, 4.69) is 10.2 Å². The van der Waals surface area contributed by atoms with Gasteiger partial charge in [-0.25, -0.2) is 9.13 Å². The molecule has 0 unspecified atom stereocenters. The smallest absolute Gasteiger partial charge is 0.359 e. The van der Waals surface area contributed by atoms with Crippen molar-refractivity contribution in [3.05, 3.63) is 152 Å². The van der Waals surface area contributed by atoms with Gasteiger partial charge in [0.15, 0.2) is 0 Å². The van der Waals surface area contributed by atoms with E-state index in [9.17, 15) is 18.7 Å². The maximum absolute atomic E-state index is 13.8. The van der Waals surface area contributed by atoms with Gasteiger partial charge in [-0.1, -0.05) is 142 Å². The van der Waals surface area contributed by atoms with Crippen molar-refractivity contribution < 1.29 is 71.0 Å². The molecule has 61 heavy (non-hydrogen) atoms. The van der Waals surface area contributed by atoms with Crippen LogP contribution in [-0.4, -0.2) is 57.8 Å². The predicted molar refractivity (Wildman–Crippen MR) is 234 cm³/mol. The molecule has 0 heterocycles. The van der Waals surface area contributed by atoms with Crippen molar-refractivity contribution in [1.82, 2.24) is 10.2 Å². The molecule has 0 bridgehead atoms. The number of anilines is 4. The molecule has 0 aliphatic heterocycles. The Labute approximate surface area is 403 Å². The third kappa shape index (κ3) is 20.6. The Balaban J connectivity index is -0.000000899. The SMILES string of the molecule is CN(c1ccccc1)P(=O)(NC(=O)C(Cl)(Cl)Cl)N(C)c1ccccc1.CN(c1ccccc1)P(=O)(NC(=O)C(Cl)(Cl)Cl)N(C)c1ccccc1.O=[N+]([O-])[O-].O=[N+]([O-])[O-].[O-2].[O-2].[U]. The first-order valence-electron chi connectivity index (χ1n) is 15.6. The Bertz CT molecular complexity index is 1790. The number of hydrogen-bond acceptors (Lipinski definition) is 10. The first kappa shape index (κ1) is 61.9. The zero-order valence-corrected chi connectivity index (χ0v) is 42.3. The molecule has 20 nitrogen and oxygen atoms in total. The Kier molecular flexibility index (Phi) is 28.7. The molecule has 0 radical (unpaired) electrons. The summed E-state index contributed by atoms with van der Waals surface area (Å²) in [5, 5.41) is 34.3. The van der Waals surface area contributed by atoms with Crippen LogP contribution in [0.4, 0.5) is 22.7 Å². The van der Waals surface area contributed by atoms with E-state index in [1.54, 1.807) is 125 Å². The van der Waals surface area contributed by atoms with Crippen molar-refractivity contribution >= 4 is 119 Å². The summed E-state index contributed by atoms with van der Waals surface area (Å²) >= 11 is 33.9. The van der Waals surface area contributed by atoms with E-state index < -0.39 is 44.8 Å². The van der Waals surface area contributed by atoms with Crippen molar-refractivity contribution in [2.24, 2.45) is 0 Å². The molecule has 2 N–H and O–H groups in total. The fourth-order valence-corrected chi connectivity index (χ4v) is 9.03. The van der Waals surface area contributed by atoms with Crippen LogP contribution in [0.3, 0.4) is 0 Å². The minimum atomic E-state index is -3.68. The second kappa shape index (κ2) is 28.3. The monoisotopic (exact) mass is 1230 g/mol. The molecule has 336 valence electrons. The van der Waals surface area contributed by atoms with Crippen molar-refractivity contribution in [1.29, 1.82) is 0 Å². The summed E-state index contributed by atoms with van der Waals surface area (Å²) in [7, 11) is -0.947. The Morgan fingerprint density at radius 1 is 0.475 bits per heavy atom. The average molecular weight is 1240 g/mol. The number of nitrogens with one attached hydrogen (secondary N) is 2. The number of amides is 2. The van der Waals surface area contributed by atoms with Gasteiger partial charge in [-0.05, 0) is 48.5 Å². The quantitative estimate of drug-likeness (QED) is 0.0648. The van der Waals surface area contributed by atoms with Crippen LogP contribution >= 0.6 is 84.8 Å². The van der Waals surface area contributed by atoms with Crippen LogP contribution in [0.5, 0.6) is 0 Å². The predicted octanol–water partition coefficient (Wildman–Crippen LogP) is 8.99. The van der Waals surface area contributed by atoms with Gasteiger partial charge in [-0.3, -0.25) is 38.4 Å². The fourth-order valence-electron chi connectivity index (χ4n) is 4.29. The van der Waals surface area contributed by atoms with Crippen LogP contribution < -0.4 is 28.9 Å². The maximum Gasteiger partial charge on any atom is 0.359 e. The molecule has 0 spiro atoms. The summed E-state index contributed by atoms with van der Waals surface area (Å²) in [6.07, 6.45) is 0. The summed E-state index contributed by atoms with van der Waals surface area (Å²) in [6, 6.07) is 35.9. The third-order valence-corrected chi connectivity index (χ3v) is 13.4. The molecule has 0 aromatic heterocycles. The molecule has 0 saturated carbocycles. The topological polar surface area (TPSA) is 295 Å². The second-order valence-corrected chi connectivity index (χ2v) is 20.4. The van der Waals surface area contributed by atoms with Crippen LogP contribution in [0.25, 0.3) is 0 Å². The number of para-hydroxylation sites is 4. The molecule has 0 saturated heterocycles. The second-order valence-electron chi connectivity index (χ2n) is 10.8. The Hall–Kier alpha value is -3.41. The van der Waals surface area contributed by atoms with Crippen LogP contribution in [0, 0.1) is 61.8 Å². The van der Waals surface area contributed by atoms with Gasteiger partial charge in [-0.15, -0.1) is 0 Å². The van der Waals surface area contributed by atoms with E-state index in [-0.39, 0.29) is 42.1 Å². The van der Waals surface area contributed by atoms with Crippen molar-refractivity contribution in [3.63, 3.8) is 0 Å². The Morgan fingerprint density at radius 3 is 0.754 bits per heavy atom. The number of carbonyl (C=O) groups is 2. The summed E-state index contributed by atoms with van der Waals surface area (Å²) in [6.45, 7) is 0. The van der Waals surface area contributed by atoms with E-state index in [0.717, 1.165) is 0 Å².